The summed E-state index contributed by atoms with van der Waals surface area (Å²) < 4.78 is 12.8. The average molecular weight is 301 g/mol. The molecular formula is C16H16FN3O2. The minimum atomic E-state index is -0.797. The minimum Gasteiger partial charge on any atom is -0.388 e. The number of amides is 1. The van der Waals surface area contributed by atoms with E-state index < -0.39 is 6.10 Å². The lowest BCUT2D eigenvalue weighted by molar-refractivity contribution is 0.0912. The van der Waals surface area contributed by atoms with Crippen molar-refractivity contribution in [2.24, 2.45) is 0 Å². The Balaban J connectivity index is 1.92. The molecule has 0 aliphatic rings. The summed E-state index contributed by atoms with van der Waals surface area (Å²) in [6, 6.07) is 10.3. The quantitative estimate of drug-likeness (QED) is 0.791. The first-order valence-corrected chi connectivity index (χ1v) is 6.83. The van der Waals surface area contributed by atoms with Gasteiger partial charge in [0.25, 0.3) is 5.91 Å². The van der Waals surface area contributed by atoms with Crippen LogP contribution in [-0.4, -0.2) is 22.0 Å². The van der Waals surface area contributed by atoms with Gasteiger partial charge in [-0.1, -0.05) is 12.1 Å². The summed E-state index contributed by atoms with van der Waals surface area (Å²) in [7, 11) is 0. The Bertz CT molecular complexity index is 688. The van der Waals surface area contributed by atoms with Gasteiger partial charge in [0, 0.05) is 6.04 Å². The van der Waals surface area contributed by atoms with Crippen molar-refractivity contribution in [3.8, 4) is 6.07 Å². The van der Waals surface area contributed by atoms with E-state index in [1.54, 1.807) is 6.92 Å². The van der Waals surface area contributed by atoms with Crippen LogP contribution in [0, 0.1) is 17.1 Å². The summed E-state index contributed by atoms with van der Waals surface area (Å²) in [5.74, 6) is -0.711. The van der Waals surface area contributed by atoms with Gasteiger partial charge in [-0.3, -0.25) is 4.79 Å². The van der Waals surface area contributed by atoms with Crippen LogP contribution in [0.25, 0.3) is 0 Å². The predicted octanol–water partition coefficient (Wildman–Crippen LogP) is 2.27. The van der Waals surface area contributed by atoms with Crippen molar-refractivity contribution in [2.75, 3.05) is 0 Å². The van der Waals surface area contributed by atoms with E-state index in [2.05, 4.69) is 10.3 Å². The Morgan fingerprint density at radius 2 is 2.05 bits per heavy atom. The van der Waals surface area contributed by atoms with Gasteiger partial charge in [-0.05, 0) is 43.2 Å². The Morgan fingerprint density at radius 3 is 2.64 bits per heavy atom. The molecule has 0 fully saturated rings. The SMILES string of the molecule is CC(CC(O)c1ccc(F)cc1)NC(=O)c1ccc(C#N)[nH]1. The van der Waals surface area contributed by atoms with E-state index in [0.717, 1.165) is 0 Å². The fourth-order valence-corrected chi connectivity index (χ4v) is 2.11. The highest BCUT2D eigenvalue weighted by Gasteiger charge is 2.16. The van der Waals surface area contributed by atoms with E-state index in [-0.39, 0.29) is 17.8 Å². The number of aromatic nitrogens is 1. The first kappa shape index (κ1) is 15.7. The summed E-state index contributed by atoms with van der Waals surface area (Å²) >= 11 is 0. The van der Waals surface area contributed by atoms with Crippen molar-refractivity contribution in [3.63, 3.8) is 0 Å². The summed E-state index contributed by atoms with van der Waals surface area (Å²) in [6.45, 7) is 1.76. The summed E-state index contributed by atoms with van der Waals surface area (Å²) in [4.78, 5) is 14.6. The molecule has 2 unspecified atom stereocenters. The molecule has 5 nitrogen and oxygen atoms in total. The number of aromatic amines is 1. The van der Waals surface area contributed by atoms with Gasteiger partial charge in [-0.25, -0.2) is 4.39 Å². The number of carbonyl (C=O) groups is 1. The minimum absolute atomic E-state index is 0.290. The zero-order valence-electron chi connectivity index (χ0n) is 12.0. The van der Waals surface area contributed by atoms with Gasteiger partial charge in [-0.2, -0.15) is 5.26 Å². The molecule has 3 N–H and O–H groups in total. The molecule has 6 heteroatoms. The number of nitriles is 1. The molecule has 22 heavy (non-hydrogen) atoms. The Morgan fingerprint density at radius 1 is 1.36 bits per heavy atom. The number of benzene rings is 1. The van der Waals surface area contributed by atoms with Crippen molar-refractivity contribution >= 4 is 5.91 Å². The number of nitrogens with one attached hydrogen (secondary N) is 2. The van der Waals surface area contributed by atoms with Crippen LogP contribution in [0.4, 0.5) is 4.39 Å². The number of aliphatic hydroxyl groups excluding tert-OH is 1. The molecule has 0 saturated carbocycles. The smallest absolute Gasteiger partial charge is 0.267 e. The van der Waals surface area contributed by atoms with Crippen LogP contribution in [-0.2, 0) is 0 Å². The maximum Gasteiger partial charge on any atom is 0.267 e. The second kappa shape index (κ2) is 6.87. The second-order valence-corrected chi connectivity index (χ2v) is 5.08. The van der Waals surface area contributed by atoms with Crippen molar-refractivity contribution in [2.45, 2.75) is 25.5 Å². The van der Waals surface area contributed by atoms with Crippen molar-refractivity contribution in [3.05, 3.63) is 59.2 Å². The van der Waals surface area contributed by atoms with E-state index in [1.807, 2.05) is 6.07 Å². The predicted molar refractivity (Wildman–Crippen MR) is 78.4 cm³/mol. The van der Waals surface area contributed by atoms with Crippen LogP contribution < -0.4 is 5.32 Å². The number of nitrogens with zero attached hydrogens (tertiary/aromatic N) is 1. The molecule has 0 saturated heterocycles. The fourth-order valence-electron chi connectivity index (χ4n) is 2.11. The normalized spacial score (nSPS) is 13.2. The molecule has 1 aromatic carbocycles. The molecule has 1 heterocycles. The van der Waals surface area contributed by atoms with Crippen LogP contribution in [0.5, 0.6) is 0 Å². The van der Waals surface area contributed by atoms with Gasteiger partial charge in [0.1, 0.15) is 23.3 Å². The van der Waals surface area contributed by atoms with E-state index >= 15 is 0 Å². The van der Waals surface area contributed by atoms with Crippen molar-refractivity contribution in [1.82, 2.24) is 10.3 Å². The van der Waals surface area contributed by atoms with Crippen molar-refractivity contribution in [1.29, 1.82) is 5.26 Å². The van der Waals surface area contributed by atoms with Crippen LogP contribution in [0.1, 0.15) is 41.2 Å². The third kappa shape index (κ3) is 3.93. The Labute approximate surface area is 127 Å². The lowest BCUT2D eigenvalue weighted by Crippen LogP contribution is -2.34. The molecule has 114 valence electrons. The van der Waals surface area contributed by atoms with E-state index in [9.17, 15) is 14.3 Å². The highest BCUT2D eigenvalue weighted by molar-refractivity contribution is 5.92. The monoisotopic (exact) mass is 301 g/mol. The number of H-pyrrole nitrogens is 1. The number of hydrogen-bond acceptors (Lipinski definition) is 3. The van der Waals surface area contributed by atoms with Gasteiger partial charge in [0.15, 0.2) is 0 Å². The molecule has 0 radical (unpaired) electrons. The molecule has 0 aliphatic carbocycles. The standard InChI is InChI=1S/C16H16FN3O2/c1-10(8-15(21)11-2-4-12(17)5-3-11)19-16(22)14-7-6-13(9-18)20-14/h2-7,10,15,20-21H,8H2,1H3,(H,19,22). The number of hydrogen-bond donors (Lipinski definition) is 3. The molecule has 2 rings (SSSR count). The highest BCUT2D eigenvalue weighted by atomic mass is 19.1. The number of aliphatic hydroxyl groups is 1. The zero-order valence-corrected chi connectivity index (χ0v) is 12.0. The van der Waals surface area contributed by atoms with Crippen LogP contribution in [0.15, 0.2) is 36.4 Å². The molecule has 0 spiro atoms. The number of carbonyl (C=O) groups excluding carboxylic acids is 1. The number of rotatable bonds is 5. The molecule has 1 amide bonds. The Kier molecular flexibility index (Phi) is 4.92. The van der Waals surface area contributed by atoms with Crippen LogP contribution in [0.3, 0.4) is 0 Å². The molecule has 2 atom stereocenters. The zero-order chi connectivity index (χ0) is 16.1. The first-order valence-electron chi connectivity index (χ1n) is 6.83. The lowest BCUT2D eigenvalue weighted by Gasteiger charge is -2.18. The second-order valence-electron chi connectivity index (χ2n) is 5.08. The van der Waals surface area contributed by atoms with Crippen molar-refractivity contribution < 1.29 is 14.3 Å². The topological polar surface area (TPSA) is 88.9 Å². The summed E-state index contributed by atoms with van der Waals surface area (Å²) in [5, 5.41) is 21.5. The maximum absolute atomic E-state index is 12.8. The molecule has 1 aromatic heterocycles. The highest BCUT2D eigenvalue weighted by Crippen LogP contribution is 2.18. The van der Waals surface area contributed by atoms with E-state index in [1.165, 1.54) is 36.4 Å². The molecular weight excluding hydrogens is 285 g/mol. The lowest BCUT2D eigenvalue weighted by atomic mass is 10.0. The van der Waals surface area contributed by atoms with Gasteiger partial charge in [0.05, 0.1) is 6.10 Å². The molecule has 0 bridgehead atoms. The number of halogens is 1. The fraction of sp³-hybridized carbons (Fsp3) is 0.250. The average Bonchev–Trinajstić information content (AvgIpc) is 2.96. The first-order chi connectivity index (χ1) is 10.5. The molecule has 2 aromatic rings. The third-order valence-electron chi connectivity index (χ3n) is 3.26. The maximum atomic E-state index is 12.8. The Hall–Kier alpha value is -2.65. The van der Waals surface area contributed by atoms with Gasteiger partial charge in [-0.15, -0.1) is 0 Å². The third-order valence-corrected chi connectivity index (χ3v) is 3.26. The van der Waals surface area contributed by atoms with Gasteiger partial charge < -0.3 is 15.4 Å². The summed E-state index contributed by atoms with van der Waals surface area (Å²) in [6.07, 6.45) is -0.502. The van der Waals surface area contributed by atoms with Crippen LogP contribution >= 0.6 is 0 Å². The van der Waals surface area contributed by atoms with Gasteiger partial charge in [0.2, 0.25) is 0 Å². The molecule has 0 aliphatic heterocycles. The summed E-state index contributed by atoms with van der Waals surface area (Å²) in [5.41, 5.74) is 1.19. The largest absolute Gasteiger partial charge is 0.388 e. The van der Waals surface area contributed by atoms with E-state index in [0.29, 0.717) is 23.4 Å². The van der Waals surface area contributed by atoms with Crippen LogP contribution in [0.2, 0.25) is 0 Å². The van der Waals surface area contributed by atoms with Gasteiger partial charge >= 0.3 is 0 Å². The van der Waals surface area contributed by atoms with E-state index in [4.69, 9.17) is 5.26 Å².